The van der Waals surface area contributed by atoms with Gasteiger partial charge in [0.1, 0.15) is 5.82 Å². The summed E-state index contributed by atoms with van der Waals surface area (Å²) in [5.74, 6) is 0.668. The normalized spacial score (nSPS) is 18.5. The Hall–Kier alpha value is -2.05. The molecule has 3 heterocycles. The first-order chi connectivity index (χ1) is 11.8. The fourth-order valence-corrected chi connectivity index (χ4v) is 3.28. The smallest absolute Gasteiger partial charge is 0.225 e. The monoisotopic (exact) mass is 328 g/mol. The van der Waals surface area contributed by atoms with E-state index in [1.54, 1.807) is 6.07 Å². The molecule has 0 N–H and O–H groups in total. The van der Waals surface area contributed by atoms with Crippen molar-refractivity contribution in [3.05, 3.63) is 53.1 Å². The molecule has 24 heavy (non-hydrogen) atoms. The first-order valence-electron chi connectivity index (χ1n) is 8.43. The number of halogens is 1. The highest BCUT2D eigenvalue weighted by Gasteiger charge is 2.21. The largest absolute Gasteiger partial charge is 0.378 e. The molecule has 0 amide bonds. The minimum Gasteiger partial charge on any atom is -0.378 e. The average molecular weight is 328 g/mol. The van der Waals surface area contributed by atoms with Gasteiger partial charge in [-0.3, -0.25) is 4.90 Å². The summed E-state index contributed by atoms with van der Waals surface area (Å²) in [5.41, 5.74) is 3.01. The first kappa shape index (κ1) is 15.5. The standard InChI is InChI=1S/C18H21FN4O/c19-16-4-2-1-3-14(16)12-22-6-5-17-15(13-22)11-20-18(21-17)23-7-9-24-10-8-23/h1-4,11H,5-10,12-13H2. The minimum atomic E-state index is -0.137. The van der Waals surface area contributed by atoms with Crippen molar-refractivity contribution in [3.63, 3.8) is 0 Å². The number of rotatable bonds is 3. The van der Waals surface area contributed by atoms with Gasteiger partial charge in [-0.05, 0) is 6.07 Å². The molecule has 1 fully saturated rings. The van der Waals surface area contributed by atoms with Crippen LogP contribution in [-0.4, -0.2) is 47.7 Å². The lowest BCUT2D eigenvalue weighted by atomic mass is 10.1. The van der Waals surface area contributed by atoms with Gasteiger partial charge in [-0.2, -0.15) is 0 Å². The van der Waals surface area contributed by atoms with Gasteiger partial charge in [0.15, 0.2) is 0 Å². The van der Waals surface area contributed by atoms with Crippen LogP contribution in [0.1, 0.15) is 16.8 Å². The van der Waals surface area contributed by atoms with Gasteiger partial charge in [-0.1, -0.05) is 18.2 Å². The molecule has 0 saturated carbocycles. The van der Waals surface area contributed by atoms with Crippen LogP contribution in [0.25, 0.3) is 0 Å². The van der Waals surface area contributed by atoms with Crippen LogP contribution in [0.4, 0.5) is 10.3 Å². The average Bonchev–Trinajstić information content (AvgIpc) is 2.64. The van der Waals surface area contributed by atoms with Crippen LogP contribution >= 0.6 is 0 Å². The van der Waals surface area contributed by atoms with E-state index in [1.165, 1.54) is 6.07 Å². The van der Waals surface area contributed by atoms with Crippen LogP contribution in [0.15, 0.2) is 30.5 Å². The summed E-state index contributed by atoms with van der Waals surface area (Å²) < 4.78 is 19.2. The van der Waals surface area contributed by atoms with Crippen molar-refractivity contribution in [3.8, 4) is 0 Å². The van der Waals surface area contributed by atoms with Crippen LogP contribution in [0, 0.1) is 5.82 Å². The highest BCUT2D eigenvalue weighted by Crippen LogP contribution is 2.21. The number of fused-ring (bicyclic) bond motifs is 1. The minimum absolute atomic E-state index is 0.137. The number of hydrogen-bond donors (Lipinski definition) is 0. The molecule has 0 atom stereocenters. The van der Waals surface area contributed by atoms with E-state index < -0.39 is 0 Å². The molecule has 6 heteroatoms. The third-order valence-corrected chi connectivity index (χ3v) is 4.65. The van der Waals surface area contributed by atoms with E-state index in [2.05, 4.69) is 14.8 Å². The van der Waals surface area contributed by atoms with Gasteiger partial charge >= 0.3 is 0 Å². The third kappa shape index (κ3) is 3.25. The quantitative estimate of drug-likeness (QED) is 0.862. The van der Waals surface area contributed by atoms with Gasteiger partial charge in [-0.15, -0.1) is 0 Å². The molecular weight excluding hydrogens is 307 g/mol. The Morgan fingerprint density at radius 2 is 1.96 bits per heavy atom. The fraction of sp³-hybridized carbons (Fsp3) is 0.444. The van der Waals surface area contributed by atoms with Crippen molar-refractivity contribution in [1.29, 1.82) is 0 Å². The molecule has 2 aliphatic heterocycles. The molecule has 5 nitrogen and oxygen atoms in total. The van der Waals surface area contributed by atoms with Crippen LogP contribution in [-0.2, 0) is 24.2 Å². The van der Waals surface area contributed by atoms with Crippen molar-refractivity contribution < 1.29 is 9.13 Å². The Labute approximate surface area is 141 Å². The molecular formula is C18H21FN4O. The van der Waals surface area contributed by atoms with Gasteiger partial charge in [0.05, 0.1) is 18.9 Å². The van der Waals surface area contributed by atoms with E-state index in [1.807, 2.05) is 18.3 Å². The molecule has 0 unspecified atom stereocenters. The van der Waals surface area contributed by atoms with Gasteiger partial charge < -0.3 is 9.64 Å². The second-order valence-electron chi connectivity index (χ2n) is 6.29. The molecule has 4 rings (SSSR count). The molecule has 1 saturated heterocycles. The number of benzene rings is 1. The van der Waals surface area contributed by atoms with Gasteiger partial charge in [0, 0.05) is 56.5 Å². The number of morpholine rings is 1. The second-order valence-corrected chi connectivity index (χ2v) is 6.29. The van der Waals surface area contributed by atoms with E-state index in [9.17, 15) is 4.39 Å². The molecule has 0 radical (unpaired) electrons. The molecule has 0 bridgehead atoms. The summed E-state index contributed by atoms with van der Waals surface area (Å²) in [7, 11) is 0. The van der Waals surface area contributed by atoms with Crippen LogP contribution in [0.3, 0.4) is 0 Å². The molecule has 1 aromatic carbocycles. The van der Waals surface area contributed by atoms with Gasteiger partial charge in [-0.25, -0.2) is 14.4 Å². The SMILES string of the molecule is Fc1ccccc1CN1CCc2nc(N3CCOCC3)ncc2C1. The Balaban J connectivity index is 1.46. The highest BCUT2D eigenvalue weighted by atomic mass is 19.1. The molecule has 126 valence electrons. The number of hydrogen-bond acceptors (Lipinski definition) is 5. The highest BCUT2D eigenvalue weighted by molar-refractivity contribution is 5.34. The number of nitrogens with zero attached hydrogens (tertiary/aromatic N) is 4. The summed E-state index contributed by atoms with van der Waals surface area (Å²) in [4.78, 5) is 13.7. The van der Waals surface area contributed by atoms with Crippen molar-refractivity contribution >= 4 is 5.95 Å². The van der Waals surface area contributed by atoms with Crippen molar-refractivity contribution in [1.82, 2.24) is 14.9 Å². The Bertz CT molecular complexity index is 718. The predicted octanol–water partition coefficient (Wildman–Crippen LogP) is 2.01. The van der Waals surface area contributed by atoms with Gasteiger partial charge in [0.25, 0.3) is 0 Å². The number of aromatic nitrogens is 2. The molecule has 0 aliphatic carbocycles. The maximum Gasteiger partial charge on any atom is 0.225 e. The third-order valence-electron chi connectivity index (χ3n) is 4.65. The molecule has 0 spiro atoms. The molecule has 2 aromatic rings. The fourth-order valence-electron chi connectivity index (χ4n) is 3.28. The molecule has 2 aliphatic rings. The summed E-state index contributed by atoms with van der Waals surface area (Å²) in [6, 6.07) is 6.98. The Morgan fingerprint density at radius 1 is 1.12 bits per heavy atom. The zero-order valence-corrected chi connectivity index (χ0v) is 13.6. The zero-order chi connectivity index (χ0) is 16.4. The summed E-state index contributed by atoms with van der Waals surface area (Å²) in [6.45, 7) is 5.44. The lowest BCUT2D eigenvalue weighted by Crippen LogP contribution is -2.38. The first-order valence-corrected chi connectivity index (χ1v) is 8.43. The van der Waals surface area contributed by atoms with Crippen molar-refractivity contribution in [2.45, 2.75) is 19.5 Å². The maximum atomic E-state index is 13.8. The zero-order valence-electron chi connectivity index (χ0n) is 13.6. The lowest BCUT2D eigenvalue weighted by molar-refractivity contribution is 0.122. The van der Waals surface area contributed by atoms with Crippen LogP contribution in [0.2, 0.25) is 0 Å². The topological polar surface area (TPSA) is 41.5 Å². The van der Waals surface area contributed by atoms with E-state index in [4.69, 9.17) is 9.72 Å². The summed E-state index contributed by atoms with van der Waals surface area (Å²) in [5, 5.41) is 0. The van der Waals surface area contributed by atoms with E-state index in [0.29, 0.717) is 6.54 Å². The Morgan fingerprint density at radius 3 is 2.79 bits per heavy atom. The van der Waals surface area contributed by atoms with E-state index in [0.717, 1.165) is 68.6 Å². The predicted molar refractivity (Wildman–Crippen MR) is 89.3 cm³/mol. The number of anilines is 1. The lowest BCUT2D eigenvalue weighted by Gasteiger charge is -2.30. The van der Waals surface area contributed by atoms with Crippen LogP contribution in [0.5, 0.6) is 0 Å². The number of ether oxygens (including phenoxy) is 1. The maximum absolute atomic E-state index is 13.8. The summed E-state index contributed by atoms with van der Waals surface area (Å²) >= 11 is 0. The van der Waals surface area contributed by atoms with Crippen molar-refractivity contribution in [2.75, 3.05) is 37.7 Å². The summed E-state index contributed by atoms with van der Waals surface area (Å²) in [6.07, 6.45) is 2.81. The van der Waals surface area contributed by atoms with Gasteiger partial charge in [0.2, 0.25) is 5.95 Å². The van der Waals surface area contributed by atoms with Crippen molar-refractivity contribution in [2.24, 2.45) is 0 Å². The Kier molecular flexibility index (Phi) is 4.40. The molecule has 1 aromatic heterocycles. The second kappa shape index (κ2) is 6.83. The van der Waals surface area contributed by atoms with E-state index in [-0.39, 0.29) is 5.82 Å². The van der Waals surface area contributed by atoms with E-state index >= 15 is 0 Å². The van der Waals surface area contributed by atoms with Crippen LogP contribution < -0.4 is 4.90 Å².